The zero-order valence-electron chi connectivity index (χ0n) is 13.4. The number of amides is 1. The Labute approximate surface area is 127 Å². The van der Waals surface area contributed by atoms with Gasteiger partial charge in [-0.15, -0.1) is 0 Å². The van der Waals surface area contributed by atoms with Crippen molar-refractivity contribution in [1.29, 1.82) is 0 Å². The van der Waals surface area contributed by atoms with E-state index in [2.05, 4.69) is 41.5 Å². The number of hydrogen-bond donors (Lipinski definition) is 2. The molecule has 0 spiro atoms. The van der Waals surface area contributed by atoms with Crippen molar-refractivity contribution in [1.82, 2.24) is 10.2 Å². The lowest BCUT2D eigenvalue weighted by Crippen LogP contribution is -2.46. The second-order valence-electron chi connectivity index (χ2n) is 5.92. The molecule has 1 unspecified atom stereocenters. The van der Waals surface area contributed by atoms with Gasteiger partial charge in [0.1, 0.15) is 0 Å². The number of carbonyl (C=O) groups excluding carboxylic acids is 1. The highest BCUT2D eigenvalue weighted by Crippen LogP contribution is 2.31. The molecule has 2 rings (SSSR count). The summed E-state index contributed by atoms with van der Waals surface area (Å²) >= 11 is 0. The molecule has 1 amide bonds. The van der Waals surface area contributed by atoms with E-state index in [1.807, 2.05) is 12.1 Å². The Bertz CT molecular complexity index is 452. The van der Waals surface area contributed by atoms with E-state index in [1.54, 1.807) is 0 Å². The van der Waals surface area contributed by atoms with Crippen LogP contribution in [0.15, 0.2) is 24.3 Å². The van der Waals surface area contributed by atoms with Crippen molar-refractivity contribution in [2.75, 3.05) is 31.5 Å². The van der Waals surface area contributed by atoms with Gasteiger partial charge in [0.15, 0.2) is 0 Å². The summed E-state index contributed by atoms with van der Waals surface area (Å²) in [6.07, 6.45) is 1.17. The van der Waals surface area contributed by atoms with Gasteiger partial charge >= 0.3 is 0 Å². The quantitative estimate of drug-likeness (QED) is 0.876. The lowest BCUT2D eigenvalue weighted by molar-refractivity contribution is -0.114. The molecular formula is C17H27N3O. The van der Waals surface area contributed by atoms with E-state index in [0.717, 1.165) is 31.9 Å². The molecule has 0 bridgehead atoms. The summed E-state index contributed by atoms with van der Waals surface area (Å²) in [6.45, 7) is 10.5. The Hall–Kier alpha value is -1.39. The van der Waals surface area contributed by atoms with Crippen LogP contribution in [-0.4, -0.2) is 37.0 Å². The summed E-state index contributed by atoms with van der Waals surface area (Å²) in [5.74, 6) is 0.595. The van der Waals surface area contributed by atoms with Gasteiger partial charge in [0, 0.05) is 44.8 Å². The number of piperazine rings is 1. The second-order valence-corrected chi connectivity index (χ2v) is 5.92. The minimum Gasteiger partial charge on any atom is -0.326 e. The minimum absolute atomic E-state index is 0.0247. The summed E-state index contributed by atoms with van der Waals surface area (Å²) in [7, 11) is 0. The third kappa shape index (κ3) is 4.29. The smallest absolute Gasteiger partial charge is 0.221 e. The van der Waals surface area contributed by atoms with Gasteiger partial charge in [-0.05, 0) is 23.6 Å². The highest BCUT2D eigenvalue weighted by Gasteiger charge is 2.26. The van der Waals surface area contributed by atoms with Gasteiger partial charge in [-0.2, -0.15) is 0 Å². The summed E-state index contributed by atoms with van der Waals surface area (Å²) in [5, 5.41) is 6.25. The van der Waals surface area contributed by atoms with Crippen LogP contribution in [0.4, 0.5) is 5.69 Å². The fraction of sp³-hybridized carbons (Fsp3) is 0.588. The van der Waals surface area contributed by atoms with Crippen molar-refractivity contribution >= 4 is 11.6 Å². The number of benzene rings is 1. The lowest BCUT2D eigenvalue weighted by atomic mass is 9.90. The molecule has 1 aromatic rings. The summed E-state index contributed by atoms with van der Waals surface area (Å²) < 4.78 is 0. The van der Waals surface area contributed by atoms with Crippen LogP contribution < -0.4 is 10.6 Å². The van der Waals surface area contributed by atoms with Gasteiger partial charge < -0.3 is 10.6 Å². The predicted molar refractivity (Wildman–Crippen MR) is 87.4 cm³/mol. The molecule has 4 nitrogen and oxygen atoms in total. The van der Waals surface area contributed by atoms with E-state index >= 15 is 0 Å². The van der Waals surface area contributed by atoms with Gasteiger partial charge in [-0.1, -0.05) is 32.4 Å². The van der Waals surface area contributed by atoms with Crippen molar-refractivity contribution in [3.8, 4) is 0 Å². The van der Waals surface area contributed by atoms with Crippen molar-refractivity contribution in [3.63, 3.8) is 0 Å². The van der Waals surface area contributed by atoms with Crippen LogP contribution in [0.5, 0.6) is 0 Å². The van der Waals surface area contributed by atoms with Gasteiger partial charge in [-0.3, -0.25) is 9.69 Å². The molecule has 0 radical (unpaired) electrons. The normalized spacial score (nSPS) is 19.0. The first-order valence-corrected chi connectivity index (χ1v) is 7.94. The Morgan fingerprint density at radius 3 is 2.43 bits per heavy atom. The van der Waals surface area contributed by atoms with E-state index < -0.39 is 0 Å². The molecule has 2 atom stereocenters. The van der Waals surface area contributed by atoms with E-state index in [1.165, 1.54) is 18.9 Å². The number of rotatable bonds is 5. The van der Waals surface area contributed by atoms with Crippen LogP contribution in [0.3, 0.4) is 0 Å². The zero-order valence-corrected chi connectivity index (χ0v) is 13.4. The number of anilines is 1. The van der Waals surface area contributed by atoms with Crippen LogP contribution in [0.1, 0.15) is 38.8 Å². The molecule has 0 saturated carbocycles. The maximum absolute atomic E-state index is 11.1. The van der Waals surface area contributed by atoms with Crippen LogP contribution in [-0.2, 0) is 4.79 Å². The van der Waals surface area contributed by atoms with Crippen molar-refractivity contribution in [2.45, 2.75) is 33.2 Å². The average molecular weight is 289 g/mol. The minimum atomic E-state index is -0.0247. The molecule has 1 heterocycles. The molecule has 1 fully saturated rings. The van der Waals surface area contributed by atoms with Crippen LogP contribution in [0, 0.1) is 5.92 Å². The highest BCUT2D eigenvalue weighted by molar-refractivity contribution is 5.88. The number of nitrogens with one attached hydrogen (secondary N) is 2. The molecule has 116 valence electrons. The molecule has 4 heteroatoms. The highest BCUT2D eigenvalue weighted by atomic mass is 16.1. The van der Waals surface area contributed by atoms with Crippen molar-refractivity contribution in [2.24, 2.45) is 5.92 Å². The summed E-state index contributed by atoms with van der Waals surface area (Å²) in [4.78, 5) is 13.7. The standard InChI is InChI=1S/C17H27N3O/c1-4-13(2)17(20-11-9-18-10-12-20)15-5-7-16(8-6-15)19-14(3)21/h5-8,13,17-18H,4,9-12H2,1-3H3,(H,19,21)/t13?,17-/m1/s1. The molecule has 0 aromatic heterocycles. The molecule has 1 aliphatic rings. The third-order valence-electron chi connectivity index (χ3n) is 4.30. The summed E-state index contributed by atoms with van der Waals surface area (Å²) in [6, 6.07) is 8.79. The first-order chi connectivity index (χ1) is 10.1. The third-order valence-corrected chi connectivity index (χ3v) is 4.30. The molecule has 1 aliphatic heterocycles. The molecule has 1 aromatic carbocycles. The zero-order chi connectivity index (χ0) is 15.2. The number of nitrogens with zero attached hydrogens (tertiary/aromatic N) is 1. The fourth-order valence-corrected chi connectivity index (χ4v) is 3.05. The molecule has 2 N–H and O–H groups in total. The Kier molecular flexibility index (Phi) is 5.76. The predicted octanol–water partition coefficient (Wildman–Crippen LogP) is 2.64. The maximum atomic E-state index is 11.1. The monoisotopic (exact) mass is 289 g/mol. The van der Waals surface area contributed by atoms with E-state index in [0.29, 0.717) is 12.0 Å². The Morgan fingerprint density at radius 1 is 1.29 bits per heavy atom. The average Bonchev–Trinajstić information content (AvgIpc) is 2.49. The largest absolute Gasteiger partial charge is 0.326 e. The first-order valence-electron chi connectivity index (χ1n) is 7.94. The topological polar surface area (TPSA) is 44.4 Å². The molecule has 0 aliphatic carbocycles. The lowest BCUT2D eigenvalue weighted by Gasteiger charge is -2.38. The first kappa shape index (κ1) is 16.0. The van der Waals surface area contributed by atoms with Gasteiger partial charge in [0.05, 0.1) is 0 Å². The fourth-order valence-electron chi connectivity index (χ4n) is 3.05. The van der Waals surface area contributed by atoms with Crippen molar-refractivity contribution < 1.29 is 4.79 Å². The van der Waals surface area contributed by atoms with Crippen molar-refractivity contribution in [3.05, 3.63) is 29.8 Å². The Balaban J connectivity index is 2.17. The molecule has 21 heavy (non-hydrogen) atoms. The van der Waals surface area contributed by atoms with E-state index in [-0.39, 0.29) is 5.91 Å². The van der Waals surface area contributed by atoms with Gasteiger partial charge in [-0.25, -0.2) is 0 Å². The van der Waals surface area contributed by atoms with Crippen LogP contribution in [0.2, 0.25) is 0 Å². The van der Waals surface area contributed by atoms with Crippen LogP contribution in [0.25, 0.3) is 0 Å². The summed E-state index contributed by atoms with van der Waals surface area (Å²) in [5.41, 5.74) is 2.22. The molecular weight excluding hydrogens is 262 g/mol. The van der Waals surface area contributed by atoms with E-state index in [4.69, 9.17) is 0 Å². The number of carbonyl (C=O) groups is 1. The number of hydrogen-bond acceptors (Lipinski definition) is 3. The maximum Gasteiger partial charge on any atom is 0.221 e. The second kappa shape index (κ2) is 7.57. The van der Waals surface area contributed by atoms with Crippen LogP contribution >= 0.6 is 0 Å². The SMILES string of the molecule is CCC(C)[C@H](c1ccc(NC(C)=O)cc1)N1CCNCC1. The Morgan fingerprint density at radius 2 is 1.90 bits per heavy atom. The molecule has 1 saturated heterocycles. The van der Waals surface area contributed by atoms with Gasteiger partial charge in [0.2, 0.25) is 5.91 Å². The van der Waals surface area contributed by atoms with E-state index in [9.17, 15) is 4.79 Å². The van der Waals surface area contributed by atoms with Gasteiger partial charge in [0.25, 0.3) is 0 Å².